The van der Waals surface area contributed by atoms with E-state index in [-0.39, 0.29) is 5.82 Å². The molecule has 0 radical (unpaired) electrons. The maximum absolute atomic E-state index is 14.0. The molecule has 1 N–H and O–H groups in total. The molecule has 0 heterocycles. The van der Waals surface area contributed by atoms with Gasteiger partial charge in [-0.15, -0.1) is 0 Å². The summed E-state index contributed by atoms with van der Waals surface area (Å²) < 4.78 is 14.0. The van der Waals surface area contributed by atoms with Gasteiger partial charge in [-0.05, 0) is 37.5 Å². The van der Waals surface area contributed by atoms with Gasteiger partial charge in [0.05, 0.1) is 24.3 Å². The number of aliphatic hydroxyl groups is 1. The molecular formula is C14H17FN2O. The van der Waals surface area contributed by atoms with Gasteiger partial charge in [0.15, 0.2) is 0 Å². The number of hydrogen-bond acceptors (Lipinski definition) is 3. The summed E-state index contributed by atoms with van der Waals surface area (Å²) in [5.74, 6) is -0.321. The zero-order valence-corrected chi connectivity index (χ0v) is 10.4. The number of halogens is 1. The SMILES string of the molecule is CC(O)c1ccc(N(CCC#N)C2CC2)c(F)c1. The molecule has 1 unspecified atom stereocenters. The van der Waals surface area contributed by atoms with Crippen LogP contribution in [-0.4, -0.2) is 17.7 Å². The van der Waals surface area contributed by atoms with Gasteiger partial charge < -0.3 is 10.0 Å². The van der Waals surface area contributed by atoms with Crippen molar-refractivity contribution in [3.05, 3.63) is 29.6 Å². The van der Waals surface area contributed by atoms with Gasteiger partial charge in [-0.25, -0.2) is 4.39 Å². The monoisotopic (exact) mass is 248 g/mol. The second kappa shape index (κ2) is 5.36. The van der Waals surface area contributed by atoms with Crippen molar-refractivity contribution in [3.8, 4) is 6.07 Å². The second-order valence-corrected chi connectivity index (χ2v) is 4.72. The molecule has 96 valence electrons. The molecular weight excluding hydrogens is 231 g/mol. The van der Waals surface area contributed by atoms with Crippen LogP contribution < -0.4 is 4.90 Å². The van der Waals surface area contributed by atoms with Gasteiger partial charge in [-0.2, -0.15) is 5.26 Å². The first-order valence-corrected chi connectivity index (χ1v) is 6.24. The fraction of sp³-hybridized carbons (Fsp3) is 0.500. The van der Waals surface area contributed by atoms with E-state index in [1.54, 1.807) is 19.1 Å². The minimum Gasteiger partial charge on any atom is -0.389 e. The maximum atomic E-state index is 14.0. The Morgan fingerprint density at radius 3 is 2.78 bits per heavy atom. The lowest BCUT2D eigenvalue weighted by Gasteiger charge is -2.24. The lowest BCUT2D eigenvalue weighted by Crippen LogP contribution is -2.27. The summed E-state index contributed by atoms with van der Waals surface area (Å²) in [6.45, 7) is 2.18. The molecule has 0 bridgehead atoms. The smallest absolute Gasteiger partial charge is 0.146 e. The highest BCUT2D eigenvalue weighted by Gasteiger charge is 2.30. The van der Waals surface area contributed by atoms with Gasteiger partial charge in [-0.3, -0.25) is 0 Å². The van der Waals surface area contributed by atoms with Crippen molar-refractivity contribution in [2.45, 2.75) is 38.3 Å². The molecule has 0 saturated heterocycles. The highest BCUT2D eigenvalue weighted by molar-refractivity contribution is 5.51. The third-order valence-electron chi connectivity index (χ3n) is 3.22. The van der Waals surface area contributed by atoms with Gasteiger partial charge in [0, 0.05) is 12.6 Å². The fourth-order valence-electron chi connectivity index (χ4n) is 2.07. The Labute approximate surface area is 106 Å². The van der Waals surface area contributed by atoms with E-state index < -0.39 is 6.10 Å². The number of anilines is 1. The highest BCUT2D eigenvalue weighted by atomic mass is 19.1. The van der Waals surface area contributed by atoms with Crippen LogP contribution in [0.1, 0.15) is 37.9 Å². The van der Waals surface area contributed by atoms with E-state index in [9.17, 15) is 9.50 Å². The van der Waals surface area contributed by atoms with Crippen molar-refractivity contribution >= 4 is 5.69 Å². The molecule has 1 fully saturated rings. The molecule has 0 aromatic heterocycles. The number of nitriles is 1. The number of nitrogens with zero attached hydrogens (tertiary/aromatic N) is 2. The molecule has 2 rings (SSSR count). The molecule has 1 aromatic carbocycles. The third-order valence-corrected chi connectivity index (χ3v) is 3.22. The molecule has 1 aliphatic carbocycles. The van der Waals surface area contributed by atoms with Crippen LogP contribution >= 0.6 is 0 Å². The standard InChI is InChI=1S/C14H17FN2O/c1-10(18)11-3-6-14(13(15)9-11)17(8-2-7-16)12-4-5-12/h3,6,9-10,12,18H,2,4-5,8H2,1H3. The first-order valence-electron chi connectivity index (χ1n) is 6.24. The first kappa shape index (κ1) is 12.8. The lowest BCUT2D eigenvalue weighted by molar-refractivity contribution is 0.199. The average molecular weight is 248 g/mol. The van der Waals surface area contributed by atoms with Crippen molar-refractivity contribution in [2.75, 3.05) is 11.4 Å². The summed E-state index contributed by atoms with van der Waals surface area (Å²) >= 11 is 0. The summed E-state index contributed by atoms with van der Waals surface area (Å²) in [7, 11) is 0. The summed E-state index contributed by atoms with van der Waals surface area (Å²) in [6.07, 6.45) is 1.85. The first-order chi connectivity index (χ1) is 8.63. The molecule has 0 spiro atoms. The Kier molecular flexibility index (Phi) is 3.83. The van der Waals surface area contributed by atoms with Crippen LogP contribution in [-0.2, 0) is 0 Å². The predicted molar refractivity (Wildman–Crippen MR) is 67.6 cm³/mol. The van der Waals surface area contributed by atoms with Gasteiger partial charge >= 0.3 is 0 Å². The Morgan fingerprint density at radius 2 is 2.28 bits per heavy atom. The molecule has 4 heteroatoms. The lowest BCUT2D eigenvalue weighted by atomic mass is 10.1. The zero-order valence-electron chi connectivity index (χ0n) is 10.4. The van der Waals surface area contributed by atoms with Gasteiger partial charge in [-0.1, -0.05) is 6.07 Å². The summed E-state index contributed by atoms with van der Waals surface area (Å²) in [5, 5.41) is 18.1. The van der Waals surface area contributed by atoms with Gasteiger partial charge in [0.1, 0.15) is 5.82 Å². The number of aliphatic hydroxyl groups excluding tert-OH is 1. The molecule has 1 saturated carbocycles. The van der Waals surface area contributed by atoms with E-state index in [4.69, 9.17) is 5.26 Å². The summed E-state index contributed by atoms with van der Waals surface area (Å²) in [5.41, 5.74) is 1.12. The van der Waals surface area contributed by atoms with E-state index >= 15 is 0 Å². The van der Waals surface area contributed by atoms with Crippen LogP contribution in [0.3, 0.4) is 0 Å². The zero-order chi connectivity index (χ0) is 13.1. The Morgan fingerprint density at radius 1 is 1.56 bits per heavy atom. The van der Waals surface area contributed by atoms with E-state index in [1.807, 2.05) is 4.90 Å². The van der Waals surface area contributed by atoms with Crippen LogP contribution in [0, 0.1) is 17.1 Å². The second-order valence-electron chi connectivity index (χ2n) is 4.72. The number of benzene rings is 1. The van der Waals surface area contributed by atoms with Crippen molar-refractivity contribution in [3.63, 3.8) is 0 Å². The summed E-state index contributed by atoms with van der Waals surface area (Å²) in [6, 6.07) is 7.28. The van der Waals surface area contributed by atoms with E-state index in [0.29, 0.717) is 30.3 Å². The van der Waals surface area contributed by atoms with Crippen molar-refractivity contribution in [2.24, 2.45) is 0 Å². The van der Waals surface area contributed by atoms with Crippen LogP contribution in [0.4, 0.5) is 10.1 Å². The van der Waals surface area contributed by atoms with Crippen molar-refractivity contribution < 1.29 is 9.50 Å². The molecule has 3 nitrogen and oxygen atoms in total. The normalized spacial score (nSPS) is 16.1. The van der Waals surface area contributed by atoms with Crippen LogP contribution in [0.25, 0.3) is 0 Å². The largest absolute Gasteiger partial charge is 0.389 e. The Hall–Kier alpha value is -1.60. The maximum Gasteiger partial charge on any atom is 0.146 e. The van der Waals surface area contributed by atoms with Crippen LogP contribution in [0.5, 0.6) is 0 Å². The minimum absolute atomic E-state index is 0.321. The molecule has 18 heavy (non-hydrogen) atoms. The number of hydrogen-bond donors (Lipinski definition) is 1. The summed E-state index contributed by atoms with van der Waals surface area (Å²) in [4.78, 5) is 1.96. The van der Waals surface area contributed by atoms with Crippen LogP contribution in [0.2, 0.25) is 0 Å². The average Bonchev–Trinajstić information content (AvgIpc) is 3.15. The Balaban J connectivity index is 2.22. The van der Waals surface area contributed by atoms with Crippen molar-refractivity contribution in [1.82, 2.24) is 0 Å². The van der Waals surface area contributed by atoms with E-state index in [0.717, 1.165) is 12.8 Å². The van der Waals surface area contributed by atoms with Crippen molar-refractivity contribution in [1.29, 1.82) is 5.26 Å². The number of rotatable bonds is 5. The highest BCUT2D eigenvalue weighted by Crippen LogP contribution is 2.34. The topological polar surface area (TPSA) is 47.3 Å². The Bertz CT molecular complexity index is 463. The molecule has 1 atom stereocenters. The molecule has 1 aromatic rings. The van der Waals surface area contributed by atoms with E-state index in [1.165, 1.54) is 6.07 Å². The quantitative estimate of drug-likeness (QED) is 0.871. The van der Waals surface area contributed by atoms with Gasteiger partial charge in [0.25, 0.3) is 0 Å². The predicted octanol–water partition coefficient (Wildman–Crippen LogP) is 2.76. The fourth-order valence-corrected chi connectivity index (χ4v) is 2.07. The van der Waals surface area contributed by atoms with Gasteiger partial charge in [0.2, 0.25) is 0 Å². The molecule has 1 aliphatic rings. The molecule has 0 amide bonds. The van der Waals surface area contributed by atoms with Crippen LogP contribution in [0.15, 0.2) is 18.2 Å². The minimum atomic E-state index is -0.665. The van der Waals surface area contributed by atoms with E-state index in [2.05, 4.69) is 6.07 Å². The third kappa shape index (κ3) is 2.80. The molecule has 0 aliphatic heterocycles.